The first-order valence-corrected chi connectivity index (χ1v) is 16.8. The fourth-order valence-corrected chi connectivity index (χ4v) is 7.05. The third kappa shape index (κ3) is 4.92. The fraction of sp³-hybridized carbons (Fsp3) is 0.462. The summed E-state index contributed by atoms with van der Waals surface area (Å²) < 4.78 is 35.6. The predicted octanol–water partition coefficient (Wildman–Crippen LogP) is 4.67. The molecule has 0 saturated heterocycles. The van der Waals surface area contributed by atoms with Crippen molar-refractivity contribution in [1.82, 2.24) is 4.72 Å². The van der Waals surface area contributed by atoms with Crippen LogP contribution < -0.4 is 10.0 Å². The minimum Gasteiger partial charge on any atom is -0.546 e. The molecule has 9 nitrogen and oxygen atoms in total. The maximum absolute atomic E-state index is 13.0. The highest BCUT2D eigenvalue weighted by Gasteiger charge is 2.56. The van der Waals surface area contributed by atoms with Crippen LogP contribution in [0.3, 0.4) is 0 Å². The number of nitrogens with zero attached hydrogens (tertiary/aromatic N) is 1. The number of nitro groups is 1. The second-order valence-electron chi connectivity index (χ2n) is 11.3. The number of fused-ring (bicyclic) bond motifs is 3. The average Bonchev–Trinajstić information content (AvgIpc) is 3.16. The van der Waals surface area contributed by atoms with Gasteiger partial charge in [-0.2, -0.15) is 0 Å². The van der Waals surface area contributed by atoms with E-state index in [1.165, 1.54) is 24.3 Å². The lowest BCUT2D eigenvalue weighted by molar-refractivity contribution is -0.384. The van der Waals surface area contributed by atoms with Crippen molar-refractivity contribution >= 4 is 29.7 Å². The molecule has 1 heterocycles. The molecule has 0 aromatic heterocycles. The summed E-state index contributed by atoms with van der Waals surface area (Å²) in [6.07, 6.45) is 2.08. The lowest BCUT2D eigenvalue weighted by atomic mass is 9.67. The predicted molar refractivity (Wildman–Crippen MR) is 145 cm³/mol. The molecule has 0 radical (unpaired) electrons. The van der Waals surface area contributed by atoms with Gasteiger partial charge in [0.2, 0.25) is 18.3 Å². The van der Waals surface area contributed by atoms with Crippen molar-refractivity contribution in [3.63, 3.8) is 0 Å². The lowest BCUT2D eigenvalue weighted by Crippen LogP contribution is -2.54. The molecule has 0 saturated carbocycles. The molecule has 1 aliphatic heterocycles. The zero-order valence-electron chi connectivity index (χ0n) is 21.8. The molecule has 200 valence electrons. The Hall–Kier alpha value is -2.73. The number of hydrogen-bond acceptors (Lipinski definition) is 7. The minimum atomic E-state index is -3.91. The summed E-state index contributed by atoms with van der Waals surface area (Å²) in [6, 6.07) is 12.3. The standard InChI is InChI=1S/C26H35N3O6SSi/c1-25(2,3)37(4,5)35-23-15-14-22(30)24-26(23,20-8-6-7-9-21(20)28-24)16-17-27-36(33,34)19-12-10-18(11-13-19)29(31)32/h6-13,15,22,24,27-28,30H,14,16-17H2,1-5H3/t22-,24-,26+/m1/s1. The smallest absolute Gasteiger partial charge is 0.269 e. The molecule has 0 unspecified atom stereocenters. The number of hydrogen-bond donors (Lipinski definition) is 3. The Morgan fingerprint density at radius 1 is 1.19 bits per heavy atom. The summed E-state index contributed by atoms with van der Waals surface area (Å²) in [7, 11) is -6.17. The van der Waals surface area contributed by atoms with E-state index in [0.717, 1.165) is 17.0 Å². The van der Waals surface area contributed by atoms with E-state index in [2.05, 4.69) is 43.9 Å². The van der Waals surface area contributed by atoms with E-state index >= 15 is 0 Å². The van der Waals surface area contributed by atoms with Crippen LogP contribution in [0.1, 0.15) is 39.2 Å². The first-order chi connectivity index (χ1) is 17.2. The van der Waals surface area contributed by atoms with Crippen molar-refractivity contribution in [3.05, 3.63) is 76.0 Å². The van der Waals surface area contributed by atoms with E-state index in [1.54, 1.807) is 0 Å². The van der Waals surface area contributed by atoms with Crippen molar-refractivity contribution in [2.75, 3.05) is 11.9 Å². The van der Waals surface area contributed by atoms with Crippen LogP contribution in [-0.4, -0.2) is 45.5 Å². The Morgan fingerprint density at radius 2 is 1.84 bits per heavy atom. The number of sulfonamides is 1. The van der Waals surface area contributed by atoms with Crippen LogP contribution in [0.15, 0.2) is 65.3 Å². The molecule has 1 aliphatic carbocycles. The van der Waals surface area contributed by atoms with Gasteiger partial charge in [0.25, 0.3) is 5.69 Å². The van der Waals surface area contributed by atoms with Crippen LogP contribution in [0, 0.1) is 10.1 Å². The zero-order valence-corrected chi connectivity index (χ0v) is 23.6. The lowest BCUT2D eigenvalue weighted by Gasteiger charge is -2.47. The molecule has 0 bridgehead atoms. The van der Waals surface area contributed by atoms with Crippen molar-refractivity contribution < 1.29 is 22.9 Å². The van der Waals surface area contributed by atoms with Crippen LogP contribution in [0.4, 0.5) is 11.4 Å². The second-order valence-corrected chi connectivity index (χ2v) is 17.8. The average molecular weight is 546 g/mol. The number of aliphatic hydroxyl groups excluding tert-OH is 1. The highest BCUT2D eigenvalue weighted by molar-refractivity contribution is 7.89. The van der Waals surface area contributed by atoms with E-state index in [0.29, 0.717) is 12.8 Å². The number of non-ortho nitro benzene ring substituents is 1. The number of anilines is 1. The topological polar surface area (TPSA) is 131 Å². The molecule has 0 spiro atoms. The van der Waals surface area contributed by atoms with Crippen LogP contribution >= 0.6 is 0 Å². The Bertz CT molecular complexity index is 1320. The molecule has 11 heteroatoms. The molecule has 0 amide bonds. The van der Waals surface area contributed by atoms with E-state index in [9.17, 15) is 23.6 Å². The monoisotopic (exact) mass is 545 g/mol. The summed E-state index contributed by atoms with van der Waals surface area (Å²) in [6.45, 7) is 10.9. The Kier molecular flexibility index (Phi) is 7.04. The van der Waals surface area contributed by atoms with Gasteiger partial charge >= 0.3 is 0 Å². The van der Waals surface area contributed by atoms with Gasteiger partial charge in [-0.25, -0.2) is 13.1 Å². The summed E-state index contributed by atoms with van der Waals surface area (Å²) in [5.74, 6) is 0.779. The number of aliphatic hydroxyl groups is 1. The molecule has 0 fully saturated rings. The largest absolute Gasteiger partial charge is 0.546 e. The van der Waals surface area contributed by atoms with E-state index in [-0.39, 0.29) is 28.2 Å². The van der Waals surface area contributed by atoms with Gasteiger partial charge in [0.05, 0.1) is 33.1 Å². The Morgan fingerprint density at radius 3 is 2.46 bits per heavy atom. The Balaban J connectivity index is 1.67. The minimum absolute atomic E-state index is 0.0472. The first kappa shape index (κ1) is 27.3. The van der Waals surface area contributed by atoms with Crippen molar-refractivity contribution in [1.29, 1.82) is 0 Å². The number of rotatable bonds is 8. The molecule has 2 aromatic carbocycles. The number of para-hydroxylation sites is 1. The molecule has 4 rings (SSSR count). The van der Waals surface area contributed by atoms with Gasteiger partial charge in [-0.3, -0.25) is 10.1 Å². The quantitative estimate of drug-likeness (QED) is 0.250. The van der Waals surface area contributed by atoms with E-state index in [4.69, 9.17) is 4.43 Å². The maximum Gasteiger partial charge on any atom is 0.269 e. The molecule has 37 heavy (non-hydrogen) atoms. The van der Waals surface area contributed by atoms with Gasteiger partial charge in [-0.15, -0.1) is 0 Å². The van der Waals surface area contributed by atoms with Gasteiger partial charge in [0.15, 0.2) is 0 Å². The van der Waals surface area contributed by atoms with Crippen LogP contribution in [-0.2, 0) is 19.9 Å². The molecular weight excluding hydrogens is 510 g/mol. The third-order valence-corrected chi connectivity index (χ3v) is 13.8. The van der Waals surface area contributed by atoms with E-state index < -0.39 is 34.8 Å². The van der Waals surface area contributed by atoms with Gasteiger partial charge in [-0.1, -0.05) is 39.0 Å². The SMILES string of the molecule is CC(C)(C)[Si](C)(C)OC1=CC[C@@H](O)[C@H]2Nc3ccccc3[C@@]12CCNS(=O)(=O)c1ccc([N+](=O)[O-])cc1. The molecule has 2 aromatic rings. The normalized spacial score (nSPS) is 23.5. The van der Waals surface area contributed by atoms with Gasteiger partial charge < -0.3 is 14.8 Å². The highest BCUT2D eigenvalue weighted by atomic mass is 32.2. The van der Waals surface area contributed by atoms with Crippen molar-refractivity contribution in [2.24, 2.45) is 0 Å². The highest BCUT2D eigenvalue weighted by Crippen LogP contribution is 2.54. The molecule has 2 aliphatic rings. The fourth-order valence-electron chi connectivity index (χ4n) is 4.90. The zero-order chi connectivity index (χ0) is 27.2. The summed E-state index contributed by atoms with van der Waals surface area (Å²) >= 11 is 0. The van der Waals surface area contributed by atoms with Crippen molar-refractivity contribution in [3.8, 4) is 0 Å². The van der Waals surface area contributed by atoms with Crippen LogP contribution in [0.5, 0.6) is 0 Å². The number of benzene rings is 2. The third-order valence-electron chi connectivity index (χ3n) is 7.96. The maximum atomic E-state index is 13.0. The van der Waals surface area contributed by atoms with Crippen molar-refractivity contribution in [2.45, 2.75) is 74.2 Å². The van der Waals surface area contributed by atoms with E-state index in [1.807, 2.05) is 30.3 Å². The van der Waals surface area contributed by atoms with Gasteiger partial charge in [0.1, 0.15) is 0 Å². The molecular formula is C26H35N3O6SSi. The van der Waals surface area contributed by atoms with Crippen LogP contribution in [0.2, 0.25) is 18.1 Å². The van der Waals surface area contributed by atoms with Gasteiger partial charge in [-0.05, 0) is 60.8 Å². The van der Waals surface area contributed by atoms with Crippen LogP contribution in [0.25, 0.3) is 0 Å². The Labute approximate surface area is 219 Å². The molecule has 3 atom stereocenters. The summed E-state index contributed by atoms with van der Waals surface area (Å²) in [4.78, 5) is 10.3. The second kappa shape index (κ2) is 9.54. The molecule has 3 N–H and O–H groups in total. The number of nitrogens with one attached hydrogen (secondary N) is 2. The summed E-state index contributed by atoms with van der Waals surface area (Å²) in [5, 5.41) is 25.4. The number of nitro benzene ring substituents is 1. The first-order valence-electron chi connectivity index (χ1n) is 12.4. The van der Waals surface area contributed by atoms with Gasteiger partial charge in [0, 0.05) is 24.4 Å². The summed E-state index contributed by atoms with van der Waals surface area (Å²) in [5.41, 5.74) is 0.930.